The molecule has 1 amide bonds. The molecule has 21 heavy (non-hydrogen) atoms. The molecule has 0 radical (unpaired) electrons. The van der Waals surface area contributed by atoms with E-state index in [1.807, 2.05) is 19.9 Å². The molecular weight excluding hydrogens is 348 g/mol. The number of alkyl halides is 1. The second kappa shape index (κ2) is 6.88. The number of carbonyl (C=O) groups excluding carboxylic acids is 1. The lowest BCUT2D eigenvalue weighted by Crippen LogP contribution is -2.26. The molecule has 0 saturated heterocycles. The molecule has 3 nitrogen and oxygen atoms in total. The number of halogens is 1. The Morgan fingerprint density at radius 1 is 1.38 bits per heavy atom. The molecule has 2 aromatic rings. The summed E-state index contributed by atoms with van der Waals surface area (Å²) >= 11 is 4.95. The smallest absolute Gasteiger partial charge is 0.240 e. The summed E-state index contributed by atoms with van der Waals surface area (Å²) in [5.74, 6) is 0.755. The Labute approximate surface area is 138 Å². The Kier molecular flexibility index (Phi) is 5.38. The summed E-state index contributed by atoms with van der Waals surface area (Å²) in [7, 11) is 0. The van der Waals surface area contributed by atoms with Gasteiger partial charge >= 0.3 is 0 Å². The minimum atomic E-state index is -0.194. The van der Waals surface area contributed by atoms with Gasteiger partial charge in [0.25, 0.3) is 0 Å². The largest absolute Gasteiger partial charge is 0.301 e. The number of benzene rings is 1. The van der Waals surface area contributed by atoms with E-state index in [1.165, 1.54) is 16.9 Å². The van der Waals surface area contributed by atoms with Crippen molar-refractivity contribution in [3.8, 4) is 0 Å². The van der Waals surface area contributed by atoms with Gasteiger partial charge in [-0.25, -0.2) is 4.98 Å². The van der Waals surface area contributed by atoms with Crippen LogP contribution in [0.1, 0.15) is 45.6 Å². The van der Waals surface area contributed by atoms with Crippen molar-refractivity contribution in [2.75, 3.05) is 5.32 Å². The van der Waals surface area contributed by atoms with Crippen LogP contribution in [0.15, 0.2) is 18.2 Å². The Hall–Kier alpha value is -0.940. The summed E-state index contributed by atoms with van der Waals surface area (Å²) in [5, 5.41) is 3.56. The van der Waals surface area contributed by atoms with Crippen LogP contribution in [0.25, 0.3) is 10.2 Å². The molecule has 0 spiro atoms. The van der Waals surface area contributed by atoms with Gasteiger partial charge in [-0.2, -0.15) is 0 Å². The minimum Gasteiger partial charge on any atom is -0.301 e. The van der Waals surface area contributed by atoms with Crippen molar-refractivity contribution in [2.24, 2.45) is 5.92 Å². The van der Waals surface area contributed by atoms with Crippen LogP contribution in [0.3, 0.4) is 0 Å². The first-order chi connectivity index (χ1) is 9.92. The first-order valence-electron chi connectivity index (χ1n) is 7.27. The van der Waals surface area contributed by atoms with Crippen molar-refractivity contribution in [2.45, 2.75) is 44.9 Å². The molecule has 2 atom stereocenters. The van der Waals surface area contributed by atoms with E-state index in [1.54, 1.807) is 0 Å². The van der Waals surface area contributed by atoms with E-state index in [0.717, 1.165) is 16.6 Å². The lowest BCUT2D eigenvalue weighted by atomic mass is 9.99. The van der Waals surface area contributed by atoms with Gasteiger partial charge in [0.05, 0.1) is 15.0 Å². The predicted octanol–water partition coefficient (Wildman–Crippen LogP) is 5.17. The number of aromatic nitrogens is 1. The average Bonchev–Trinajstić information content (AvgIpc) is 2.86. The molecule has 1 aromatic carbocycles. The fourth-order valence-corrected chi connectivity index (χ4v) is 3.05. The number of amides is 1. The van der Waals surface area contributed by atoms with Crippen LogP contribution in [0.4, 0.5) is 5.13 Å². The van der Waals surface area contributed by atoms with Gasteiger partial charge in [-0.1, -0.05) is 61.0 Å². The molecule has 0 bridgehead atoms. The predicted molar refractivity (Wildman–Crippen MR) is 94.5 cm³/mol. The highest BCUT2D eigenvalue weighted by Crippen LogP contribution is 2.30. The van der Waals surface area contributed by atoms with Gasteiger partial charge in [0, 0.05) is 0 Å². The van der Waals surface area contributed by atoms with Crippen LogP contribution in [-0.2, 0) is 4.79 Å². The monoisotopic (exact) mass is 368 g/mol. The number of anilines is 1. The molecule has 2 rings (SSSR count). The third-order valence-electron chi connectivity index (χ3n) is 3.66. The third kappa shape index (κ3) is 3.83. The van der Waals surface area contributed by atoms with E-state index in [-0.39, 0.29) is 16.7 Å². The van der Waals surface area contributed by atoms with Crippen LogP contribution < -0.4 is 5.32 Å². The maximum Gasteiger partial charge on any atom is 0.240 e. The molecule has 0 aliphatic heterocycles. The molecule has 1 N–H and O–H groups in total. The molecule has 1 aromatic heterocycles. The van der Waals surface area contributed by atoms with Crippen LogP contribution in [0.2, 0.25) is 0 Å². The van der Waals surface area contributed by atoms with Crippen LogP contribution in [-0.4, -0.2) is 15.7 Å². The summed E-state index contributed by atoms with van der Waals surface area (Å²) in [6.07, 6.45) is 1.12. The Morgan fingerprint density at radius 2 is 2.10 bits per heavy atom. The highest BCUT2D eigenvalue weighted by molar-refractivity contribution is 9.10. The van der Waals surface area contributed by atoms with E-state index in [4.69, 9.17) is 0 Å². The summed E-state index contributed by atoms with van der Waals surface area (Å²) in [5.41, 5.74) is 2.27. The standard InChI is InChI=1S/C16H21BrN2OS/c1-5-10(4)11-6-7-12-13(8-11)21-16(18-12)19-15(20)14(17)9(2)3/h6-10,14H,5H2,1-4H3,(H,18,19,20)/t10-,14+/m1/s1. The molecule has 1 heterocycles. The van der Waals surface area contributed by atoms with Crippen molar-refractivity contribution in [1.29, 1.82) is 0 Å². The quantitative estimate of drug-likeness (QED) is 0.739. The average molecular weight is 369 g/mol. The zero-order valence-electron chi connectivity index (χ0n) is 12.8. The normalized spacial score (nSPS) is 14.4. The second-order valence-electron chi connectivity index (χ2n) is 5.69. The van der Waals surface area contributed by atoms with Crippen molar-refractivity contribution < 1.29 is 4.79 Å². The Bertz CT molecular complexity index is 638. The summed E-state index contributed by atoms with van der Waals surface area (Å²) < 4.78 is 1.12. The SMILES string of the molecule is CC[C@@H](C)c1ccc2nc(NC(=O)[C@@H](Br)C(C)C)sc2c1. The van der Waals surface area contributed by atoms with Gasteiger partial charge in [-0.3, -0.25) is 4.79 Å². The van der Waals surface area contributed by atoms with E-state index < -0.39 is 0 Å². The van der Waals surface area contributed by atoms with Crippen molar-refractivity contribution in [3.05, 3.63) is 23.8 Å². The van der Waals surface area contributed by atoms with Crippen molar-refractivity contribution >= 4 is 48.5 Å². The summed E-state index contributed by atoms with van der Waals surface area (Å²) in [4.78, 5) is 16.4. The molecular formula is C16H21BrN2OS. The maximum absolute atomic E-state index is 12.1. The highest BCUT2D eigenvalue weighted by atomic mass is 79.9. The van der Waals surface area contributed by atoms with Crippen molar-refractivity contribution in [1.82, 2.24) is 4.98 Å². The van der Waals surface area contributed by atoms with Crippen LogP contribution in [0.5, 0.6) is 0 Å². The summed E-state index contributed by atoms with van der Waals surface area (Å²) in [6, 6.07) is 6.35. The first-order valence-corrected chi connectivity index (χ1v) is 9.01. The zero-order valence-corrected chi connectivity index (χ0v) is 15.2. The van der Waals surface area contributed by atoms with Crippen LogP contribution >= 0.6 is 27.3 Å². The second-order valence-corrected chi connectivity index (χ2v) is 7.71. The molecule has 0 aliphatic carbocycles. The van der Waals surface area contributed by atoms with Crippen molar-refractivity contribution in [3.63, 3.8) is 0 Å². The topological polar surface area (TPSA) is 42.0 Å². The molecule has 0 aliphatic rings. The van der Waals surface area contributed by atoms with Gasteiger partial charge in [0.1, 0.15) is 0 Å². The molecule has 5 heteroatoms. The zero-order chi connectivity index (χ0) is 15.6. The van der Waals surface area contributed by atoms with Gasteiger partial charge in [0.2, 0.25) is 5.91 Å². The number of fused-ring (bicyclic) bond motifs is 1. The Balaban J connectivity index is 2.21. The fraction of sp³-hybridized carbons (Fsp3) is 0.500. The lowest BCUT2D eigenvalue weighted by Gasteiger charge is -2.11. The molecule has 0 saturated carbocycles. The number of hydrogen-bond acceptors (Lipinski definition) is 3. The van der Waals surface area contributed by atoms with E-state index >= 15 is 0 Å². The maximum atomic E-state index is 12.1. The number of rotatable bonds is 5. The highest BCUT2D eigenvalue weighted by Gasteiger charge is 2.20. The van der Waals surface area contributed by atoms with E-state index in [9.17, 15) is 4.79 Å². The summed E-state index contributed by atoms with van der Waals surface area (Å²) in [6.45, 7) is 8.43. The van der Waals surface area contributed by atoms with E-state index in [0.29, 0.717) is 11.0 Å². The third-order valence-corrected chi connectivity index (χ3v) is 6.07. The lowest BCUT2D eigenvalue weighted by molar-refractivity contribution is -0.116. The molecule has 114 valence electrons. The van der Waals surface area contributed by atoms with E-state index in [2.05, 4.69) is 52.2 Å². The van der Waals surface area contributed by atoms with Gasteiger partial charge in [-0.15, -0.1) is 0 Å². The Morgan fingerprint density at radius 3 is 2.71 bits per heavy atom. The fourth-order valence-electron chi connectivity index (χ4n) is 2.01. The molecule has 0 fully saturated rings. The van der Waals surface area contributed by atoms with Crippen LogP contribution in [0, 0.1) is 5.92 Å². The number of thiazole rings is 1. The van der Waals surface area contributed by atoms with Gasteiger partial charge < -0.3 is 5.32 Å². The molecule has 0 unspecified atom stereocenters. The number of nitrogens with zero attached hydrogens (tertiary/aromatic N) is 1. The number of carbonyl (C=O) groups is 1. The first kappa shape index (κ1) is 16.4. The number of hydrogen-bond donors (Lipinski definition) is 1. The van der Waals surface area contributed by atoms with Gasteiger partial charge in [-0.05, 0) is 36.0 Å². The van der Waals surface area contributed by atoms with Gasteiger partial charge in [0.15, 0.2) is 5.13 Å². The minimum absolute atomic E-state index is 0.0359. The number of nitrogens with one attached hydrogen (secondary N) is 1.